The van der Waals surface area contributed by atoms with Gasteiger partial charge in [0, 0.05) is 26.2 Å². The van der Waals surface area contributed by atoms with E-state index in [4.69, 9.17) is 4.52 Å². The fraction of sp³-hybridized carbons (Fsp3) is 0.429. The van der Waals surface area contributed by atoms with E-state index in [0.29, 0.717) is 12.5 Å². The highest BCUT2D eigenvalue weighted by Gasteiger charge is 2.17. The molecule has 3 rings (SSSR count). The second-order valence-electron chi connectivity index (χ2n) is 6.97. The Morgan fingerprint density at radius 1 is 1.26 bits per heavy atom. The number of benzene rings is 1. The highest BCUT2D eigenvalue weighted by Crippen LogP contribution is 2.20. The number of aliphatic imine (C=N–C) groups is 1. The SMILES string of the molecule is CN=C(NCc1cc(C(C)C)no1)N1CCC(=Cc2ccccc2)CC1.I. The summed E-state index contributed by atoms with van der Waals surface area (Å²) in [6.45, 7) is 6.79. The average Bonchev–Trinajstić information content (AvgIpc) is 3.14. The van der Waals surface area contributed by atoms with Gasteiger partial charge in [0.15, 0.2) is 11.7 Å². The minimum Gasteiger partial charge on any atom is -0.359 e. The molecule has 0 bridgehead atoms. The third-order valence-electron chi connectivity index (χ3n) is 4.68. The zero-order chi connectivity index (χ0) is 18.4. The lowest BCUT2D eigenvalue weighted by Crippen LogP contribution is -2.44. The summed E-state index contributed by atoms with van der Waals surface area (Å²) in [6, 6.07) is 12.6. The van der Waals surface area contributed by atoms with Gasteiger partial charge in [-0.25, -0.2) is 0 Å². The Kier molecular flexibility index (Phi) is 8.34. The van der Waals surface area contributed by atoms with Crippen LogP contribution in [0.4, 0.5) is 0 Å². The van der Waals surface area contributed by atoms with Crippen molar-refractivity contribution in [3.05, 3.63) is 59.0 Å². The molecule has 2 heterocycles. The van der Waals surface area contributed by atoms with Crippen molar-refractivity contribution in [1.82, 2.24) is 15.4 Å². The Hall–Kier alpha value is -1.83. The van der Waals surface area contributed by atoms with E-state index in [1.807, 2.05) is 13.1 Å². The van der Waals surface area contributed by atoms with Crippen LogP contribution in [0.1, 0.15) is 49.6 Å². The van der Waals surface area contributed by atoms with Crippen LogP contribution in [0.5, 0.6) is 0 Å². The van der Waals surface area contributed by atoms with E-state index in [1.165, 1.54) is 11.1 Å². The molecule has 1 aromatic carbocycles. The molecule has 1 fully saturated rings. The van der Waals surface area contributed by atoms with Gasteiger partial charge in [-0.2, -0.15) is 0 Å². The largest absolute Gasteiger partial charge is 0.359 e. The van der Waals surface area contributed by atoms with Gasteiger partial charge in [0.05, 0.1) is 12.2 Å². The third-order valence-corrected chi connectivity index (χ3v) is 4.68. The maximum atomic E-state index is 5.40. The van der Waals surface area contributed by atoms with Crippen molar-refractivity contribution >= 4 is 36.0 Å². The first kappa shape index (κ1) is 21.5. The van der Waals surface area contributed by atoms with Gasteiger partial charge in [0.1, 0.15) is 0 Å². The molecule has 0 saturated carbocycles. The molecular weight excluding hydrogens is 451 g/mol. The lowest BCUT2D eigenvalue weighted by atomic mass is 10.0. The predicted octanol–water partition coefficient (Wildman–Crippen LogP) is 4.67. The molecule has 0 amide bonds. The van der Waals surface area contributed by atoms with Crippen molar-refractivity contribution in [1.29, 1.82) is 0 Å². The molecule has 0 aliphatic carbocycles. The summed E-state index contributed by atoms with van der Waals surface area (Å²) in [4.78, 5) is 6.74. The molecular formula is C21H29IN4O. The molecule has 1 aliphatic rings. The number of rotatable bonds is 4. The van der Waals surface area contributed by atoms with Crippen LogP contribution in [-0.2, 0) is 6.54 Å². The van der Waals surface area contributed by atoms with Crippen LogP contribution in [0.25, 0.3) is 6.08 Å². The molecule has 0 spiro atoms. The van der Waals surface area contributed by atoms with Crippen molar-refractivity contribution < 1.29 is 4.52 Å². The van der Waals surface area contributed by atoms with E-state index in [0.717, 1.165) is 43.3 Å². The fourth-order valence-corrected chi connectivity index (χ4v) is 3.12. The zero-order valence-electron chi connectivity index (χ0n) is 16.3. The minimum absolute atomic E-state index is 0. The highest BCUT2D eigenvalue weighted by molar-refractivity contribution is 14.0. The molecule has 146 valence electrons. The Balaban J connectivity index is 0.00000261. The number of aromatic nitrogens is 1. The number of hydrogen-bond acceptors (Lipinski definition) is 3. The molecule has 2 aromatic rings. The molecule has 1 aliphatic heterocycles. The van der Waals surface area contributed by atoms with E-state index < -0.39 is 0 Å². The van der Waals surface area contributed by atoms with Gasteiger partial charge in [-0.15, -0.1) is 24.0 Å². The third kappa shape index (κ3) is 6.09. The smallest absolute Gasteiger partial charge is 0.194 e. The number of nitrogens with zero attached hydrogens (tertiary/aromatic N) is 3. The van der Waals surface area contributed by atoms with Gasteiger partial charge in [0.25, 0.3) is 0 Å². The van der Waals surface area contributed by atoms with Crippen molar-refractivity contribution in [2.75, 3.05) is 20.1 Å². The van der Waals surface area contributed by atoms with E-state index in [2.05, 4.69) is 70.6 Å². The molecule has 1 aromatic heterocycles. The van der Waals surface area contributed by atoms with E-state index in [-0.39, 0.29) is 24.0 Å². The molecule has 1 N–H and O–H groups in total. The summed E-state index contributed by atoms with van der Waals surface area (Å²) in [6.07, 6.45) is 4.44. The molecule has 0 radical (unpaired) electrons. The topological polar surface area (TPSA) is 53.7 Å². The van der Waals surface area contributed by atoms with E-state index in [1.54, 1.807) is 0 Å². The summed E-state index contributed by atoms with van der Waals surface area (Å²) < 4.78 is 5.40. The Morgan fingerprint density at radius 3 is 2.56 bits per heavy atom. The molecule has 27 heavy (non-hydrogen) atoms. The maximum Gasteiger partial charge on any atom is 0.194 e. The summed E-state index contributed by atoms with van der Waals surface area (Å²) in [5, 5.41) is 7.50. The molecule has 0 unspecified atom stereocenters. The fourth-order valence-electron chi connectivity index (χ4n) is 3.12. The van der Waals surface area contributed by atoms with Crippen LogP contribution in [-0.4, -0.2) is 36.2 Å². The number of hydrogen-bond donors (Lipinski definition) is 1. The molecule has 0 atom stereocenters. The number of nitrogens with one attached hydrogen (secondary N) is 1. The van der Waals surface area contributed by atoms with Crippen molar-refractivity contribution in [3.63, 3.8) is 0 Å². The second kappa shape index (κ2) is 10.5. The van der Waals surface area contributed by atoms with Gasteiger partial charge < -0.3 is 14.7 Å². The highest BCUT2D eigenvalue weighted by atomic mass is 127. The standard InChI is InChI=1S/C21H28N4O.HI/c1-16(2)20-14-19(26-24-20)15-23-21(22-3)25-11-9-18(10-12-25)13-17-7-5-4-6-8-17;/h4-8,13-14,16H,9-12,15H2,1-3H3,(H,22,23);1H. The molecule has 5 nitrogen and oxygen atoms in total. The van der Waals surface area contributed by atoms with Crippen LogP contribution in [0, 0.1) is 0 Å². The van der Waals surface area contributed by atoms with Gasteiger partial charge >= 0.3 is 0 Å². The van der Waals surface area contributed by atoms with Crippen LogP contribution in [0.3, 0.4) is 0 Å². The minimum atomic E-state index is 0. The normalized spacial score (nSPS) is 14.9. The van der Waals surface area contributed by atoms with Gasteiger partial charge in [-0.3, -0.25) is 4.99 Å². The van der Waals surface area contributed by atoms with Crippen LogP contribution in [0.2, 0.25) is 0 Å². The second-order valence-corrected chi connectivity index (χ2v) is 6.97. The lowest BCUT2D eigenvalue weighted by Gasteiger charge is -2.31. The Morgan fingerprint density at radius 2 is 1.96 bits per heavy atom. The van der Waals surface area contributed by atoms with Gasteiger partial charge in [-0.05, 0) is 24.3 Å². The first-order valence-corrected chi connectivity index (χ1v) is 9.31. The van der Waals surface area contributed by atoms with Gasteiger partial charge in [0.2, 0.25) is 0 Å². The zero-order valence-corrected chi connectivity index (χ0v) is 18.6. The van der Waals surface area contributed by atoms with Crippen LogP contribution in [0.15, 0.2) is 51.5 Å². The number of halogens is 1. The Bertz CT molecular complexity index is 757. The monoisotopic (exact) mass is 480 g/mol. The lowest BCUT2D eigenvalue weighted by molar-refractivity contribution is 0.356. The van der Waals surface area contributed by atoms with E-state index in [9.17, 15) is 0 Å². The molecule has 6 heteroatoms. The quantitative estimate of drug-likeness (QED) is 0.393. The van der Waals surface area contributed by atoms with Crippen molar-refractivity contribution in [2.45, 2.75) is 39.2 Å². The summed E-state index contributed by atoms with van der Waals surface area (Å²) in [7, 11) is 1.83. The summed E-state index contributed by atoms with van der Waals surface area (Å²) >= 11 is 0. The first-order valence-electron chi connectivity index (χ1n) is 9.31. The first-order chi connectivity index (χ1) is 12.7. The molecule has 1 saturated heterocycles. The average molecular weight is 480 g/mol. The van der Waals surface area contributed by atoms with Crippen LogP contribution >= 0.6 is 24.0 Å². The summed E-state index contributed by atoms with van der Waals surface area (Å²) in [5.74, 6) is 2.14. The number of piperidine rings is 1. The van der Waals surface area contributed by atoms with Crippen molar-refractivity contribution in [3.8, 4) is 0 Å². The number of guanidine groups is 1. The van der Waals surface area contributed by atoms with Crippen molar-refractivity contribution in [2.24, 2.45) is 4.99 Å². The van der Waals surface area contributed by atoms with Gasteiger partial charge in [-0.1, -0.05) is 61.0 Å². The predicted molar refractivity (Wildman–Crippen MR) is 121 cm³/mol. The van der Waals surface area contributed by atoms with E-state index >= 15 is 0 Å². The Labute approximate surface area is 178 Å². The van der Waals surface area contributed by atoms with Crippen LogP contribution < -0.4 is 5.32 Å². The summed E-state index contributed by atoms with van der Waals surface area (Å²) in [5.41, 5.74) is 3.77. The number of likely N-dealkylation sites (tertiary alicyclic amines) is 1. The maximum absolute atomic E-state index is 5.40.